The average Bonchev–Trinajstić information content (AvgIpc) is 2.19. The molecule has 0 spiro atoms. The van der Waals surface area contributed by atoms with E-state index in [1.54, 1.807) is 7.11 Å². The van der Waals surface area contributed by atoms with Crippen molar-refractivity contribution in [3.8, 4) is 5.75 Å². The normalized spacial score (nSPS) is 12.5. The summed E-state index contributed by atoms with van der Waals surface area (Å²) in [6.07, 6.45) is 0.917. The molecule has 72 valence electrons. The van der Waals surface area contributed by atoms with Gasteiger partial charge in [0.15, 0.2) is 0 Å². The van der Waals surface area contributed by atoms with Crippen LogP contribution in [0.3, 0.4) is 0 Å². The second kappa shape index (κ2) is 4.87. The number of methoxy groups -OCH3 is 1. The Morgan fingerprint density at radius 3 is 2.38 bits per heavy atom. The molecule has 1 N–H and O–H groups in total. The molecule has 0 aromatic heterocycles. The maximum absolute atomic E-state index is 8.87. The van der Waals surface area contributed by atoms with Gasteiger partial charge in [-0.2, -0.15) is 0 Å². The fourth-order valence-electron chi connectivity index (χ4n) is 1.23. The van der Waals surface area contributed by atoms with Crippen LogP contribution >= 0.6 is 0 Å². The lowest BCUT2D eigenvalue weighted by molar-refractivity contribution is 0.237. The molecule has 0 radical (unpaired) electrons. The molecule has 1 rings (SSSR count). The Balaban J connectivity index is 2.58. The van der Waals surface area contributed by atoms with Gasteiger partial charge in [-0.1, -0.05) is 19.1 Å². The maximum Gasteiger partial charge on any atom is 0.118 e. The Morgan fingerprint density at radius 2 is 1.92 bits per heavy atom. The molecule has 1 aromatic rings. The van der Waals surface area contributed by atoms with Crippen molar-refractivity contribution in [2.24, 2.45) is 5.92 Å². The third-order valence-electron chi connectivity index (χ3n) is 2.05. The van der Waals surface area contributed by atoms with E-state index in [0.29, 0.717) is 5.92 Å². The lowest BCUT2D eigenvalue weighted by Gasteiger charge is -2.07. The highest BCUT2D eigenvalue weighted by atomic mass is 16.5. The van der Waals surface area contributed by atoms with Crippen molar-refractivity contribution in [1.29, 1.82) is 0 Å². The van der Waals surface area contributed by atoms with Crippen molar-refractivity contribution in [1.82, 2.24) is 0 Å². The Bertz CT molecular complexity index is 241. The fourth-order valence-corrected chi connectivity index (χ4v) is 1.23. The highest BCUT2D eigenvalue weighted by Crippen LogP contribution is 2.14. The highest BCUT2D eigenvalue weighted by Gasteiger charge is 2.01. The number of rotatable bonds is 4. The van der Waals surface area contributed by atoms with Gasteiger partial charge in [0.25, 0.3) is 0 Å². The van der Waals surface area contributed by atoms with E-state index in [1.807, 2.05) is 31.2 Å². The summed E-state index contributed by atoms with van der Waals surface area (Å²) in [7, 11) is 1.66. The zero-order valence-electron chi connectivity index (χ0n) is 8.16. The molecular formula is C11H16O2. The van der Waals surface area contributed by atoms with Crippen LogP contribution in [0.5, 0.6) is 5.75 Å². The molecule has 13 heavy (non-hydrogen) atoms. The number of hydrogen-bond acceptors (Lipinski definition) is 2. The number of benzene rings is 1. The van der Waals surface area contributed by atoms with Crippen molar-refractivity contribution >= 4 is 0 Å². The van der Waals surface area contributed by atoms with Gasteiger partial charge in [-0.05, 0) is 30.0 Å². The van der Waals surface area contributed by atoms with Crippen LogP contribution in [0.25, 0.3) is 0 Å². The zero-order chi connectivity index (χ0) is 9.68. The predicted molar refractivity (Wildman–Crippen MR) is 52.9 cm³/mol. The first-order valence-electron chi connectivity index (χ1n) is 4.50. The van der Waals surface area contributed by atoms with Crippen molar-refractivity contribution < 1.29 is 9.84 Å². The molecule has 0 aliphatic carbocycles. The van der Waals surface area contributed by atoms with E-state index >= 15 is 0 Å². The summed E-state index contributed by atoms with van der Waals surface area (Å²) >= 11 is 0. The van der Waals surface area contributed by atoms with Crippen LogP contribution < -0.4 is 4.74 Å². The minimum Gasteiger partial charge on any atom is -0.497 e. The van der Waals surface area contributed by atoms with Gasteiger partial charge >= 0.3 is 0 Å². The number of ether oxygens (including phenoxy) is 1. The first kappa shape index (κ1) is 10.1. The van der Waals surface area contributed by atoms with Gasteiger partial charge in [-0.3, -0.25) is 0 Å². The molecule has 2 heteroatoms. The van der Waals surface area contributed by atoms with Gasteiger partial charge in [-0.25, -0.2) is 0 Å². The standard InChI is InChI=1S/C11H16O2/c1-9(8-12)7-10-3-5-11(13-2)6-4-10/h3-6,9,12H,7-8H2,1-2H3/t9-/m0/s1. The topological polar surface area (TPSA) is 29.5 Å². The summed E-state index contributed by atoms with van der Waals surface area (Å²) in [6.45, 7) is 2.27. The van der Waals surface area contributed by atoms with Gasteiger partial charge in [0.1, 0.15) is 5.75 Å². The number of aliphatic hydroxyl groups excluding tert-OH is 1. The smallest absolute Gasteiger partial charge is 0.118 e. The van der Waals surface area contributed by atoms with Gasteiger partial charge in [-0.15, -0.1) is 0 Å². The Labute approximate surface area is 79.2 Å². The fraction of sp³-hybridized carbons (Fsp3) is 0.455. The quantitative estimate of drug-likeness (QED) is 0.766. The molecule has 0 aliphatic rings. The number of aliphatic hydroxyl groups is 1. The molecule has 2 nitrogen and oxygen atoms in total. The lowest BCUT2D eigenvalue weighted by Crippen LogP contribution is -2.04. The SMILES string of the molecule is COc1ccc(C[C@H](C)CO)cc1. The van der Waals surface area contributed by atoms with E-state index in [2.05, 4.69) is 0 Å². The Hall–Kier alpha value is -1.02. The first-order chi connectivity index (χ1) is 6.26. The van der Waals surface area contributed by atoms with Gasteiger partial charge in [0, 0.05) is 6.61 Å². The summed E-state index contributed by atoms with van der Waals surface area (Å²) in [5, 5.41) is 8.87. The third kappa shape index (κ3) is 3.07. The molecule has 0 saturated heterocycles. The van der Waals surface area contributed by atoms with E-state index < -0.39 is 0 Å². The summed E-state index contributed by atoms with van der Waals surface area (Å²) in [4.78, 5) is 0. The summed E-state index contributed by atoms with van der Waals surface area (Å²) in [5.74, 6) is 1.20. The Morgan fingerprint density at radius 1 is 1.31 bits per heavy atom. The van der Waals surface area contributed by atoms with Gasteiger partial charge < -0.3 is 9.84 Å². The van der Waals surface area contributed by atoms with Crippen molar-refractivity contribution in [2.45, 2.75) is 13.3 Å². The number of hydrogen-bond donors (Lipinski definition) is 1. The first-order valence-corrected chi connectivity index (χ1v) is 4.50. The molecule has 1 atom stereocenters. The van der Waals surface area contributed by atoms with E-state index in [1.165, 1.54) is 5.56 Å². The van der Waals surface area contributed by atoms with E-state index in [9.17, 15) is 0 Å². The molecule has 0 aliphatic heterocycles. The molecule has 0 unspecified atom stereocenters. The summed E-state index contributed by atoms with van der Waals surface area (Å²) < 4.78 is 5.05. The second-order valence-corrected chi connectivity index (χ2v) is 3.34. The van der Waals surface area contributed by atoms with Crippen LogP contribution in [0, 0.1) is 5.92 Å². The predicted octanol–water partition coefficient (Wildman–Crippen LogP) is 1.87. The average molecular weight is 180 g/mol. The molecular weight excluding hydrogens is 164 g/mol. The minimum atomic E-state index is 0.242. The third-order valence-corrected chi connectivity index (χ3v) is 2.05. The largest absolute Gasteiger partial charge is 0.497 e. The zero-order valence-corrected chi connectivity index (χ0v) is 8.16. The van der Waals surface area contributed by atoms with Crippen LogP contribution in [-0.4, -0.2) is 18.8 Å². The van der Waals surface area contributed by atoms with E-state index in [4.69, 9.17) is 9.84 Å². The molecule has 0 amide bonds. The summed E-state index contributed by atoms with van der Waals surface area (Å²) in [6, 6.07) is 7.95. The minimum absolute atomic E-state index is 0.242. The molecule has 0 saturated carbocycles. The van der Waals surface area contributed by atoms with Crippen LogP contribution in [-0.2, 0) is 6.42 Å². The monoisotopic (exact) mass is 180 g/mol. The lowest BCUT2D eigenvalue weighted by atomic mass is 10.0. The molecule has 0 heterocycles. The highest BCUT2D eigenvalue weighted by molar-refractivity contribution is 5.27. The molecule has 1 aromatic carbocycles. The summed E-state index contributed by atoms with van der Waals surface area (Å²) in [5.41, 5.74) is 1.24. The molecule has 0 bridgehead atoms. The second-order valence-electron chi connectivity index (χ2n) is 3.34. The van der Waals surface area contributed by atoms with E-state index in [0.717, 1.165) is 12.2 Å². The van der Waals surface area contributed by atoms with Crippen molar-refractivity contribution in [2.75, 3.05) is 13.7 Å². The molecule has 0 fully saturated rings. The van der Waals surface area contributed by atoms with E-state index in [-0.39, 0.29) is 6.61 Å². The maximum atomic E-state index is 8.87. The van der Waals surface area contributed by atoms with Gasteiger partial charge in [0.2, 0.25) is 0 Å². The van der Waals surface area contributed by atoms with Gasteiger partial charge in [0.05, 0.1) is 7.11 Å². The van der Waals surface area contributed by atoms with Crippen molar-refractivity contribution in [3.05, 3.63) is 29.8 Å². The Kier molecular flexibility index (Phi) is 3.77. The van der Waals surface area contributed by atoms with Crippen LogP contribution in [0.15, 0.2) is 24.3 Å². The van der Waals surface area contributed by atoms with Crippen LogP contribution in [0.4, 0.5) is 0 Å². The van der Waals surface area contributed by atoms with Crippen molar-refractivity contribution in [3.63, 3.8) is 0 Å². The van der Waals surface area contributed by atoms with Crippen LogP contribution in [0.2, 0.25) is 0 Å². The van der Waals surface area contributed by atoms with Crippen LogP contribution in [0.1, 0.15) is 12.5 Å².